The average Bonchev–Trinajstić information content (AvgIpc) is 3.11. The van der Waals surface area contributed by atoms with E-state index in [0.29, 0.717) is 42.6 Å². The van der Waals surface area contributed by atoms with Crippen LogP contribution in [0, 0.1) is 5.92 Å². The van der Waals surface area contributed by atoms with Gasteiger partial charge in [-0.2, -0.15) is 13.2 Å². The zero-order valence-electron chi connectivity index (χ0n) is 17.8. The summed E-state index contributed by atoms with van der Waals surface area (Å²) in [6.07, 6.45) is -3.07. The number of carboxylic acids is 1. The average molecular weight is 477 g/mol. The number of carbonyl (C=O) groups excluding carboxylic acids is 1. The van der Waals surface area contributed by atoms with Crippen molar-refractivity contribution in [1.29, 1.82) is 0 Å². The topological polar surface area (TPSA) is 69.6 Å². The number of carbonyl (C=O) groups is 2. The Morgan fingerprint density at radius 1 is 1.12 bits per heavy atom. The van der Waals surface area contributed by atoms with E-state index in [1.54, 1.807) is 42.5 Å². The van der Waals surface area contributed by atoms with Gasteiger partial charge in [-0.05, 0) is 23.3 Å². The number of aliphatic carboxylic acids is 1. The summed E-state index contributed by atoms with van der Waals surface area (Å²) in [6, 6.07) is 15.4. The van der Waals surface area contributed by atoms with Gasteiger partial charge in [0.25, 0.3) is 5.91 Å². The molecule has 2 heterocycles. The van der Waals surface area contributed by atoms with Crippen molar-refractivity contribution in [3.8, 4) is 0 Å². The number of thioether (sulfide) groups is 1. The van der Waals surface area contributed by atoms with Gasteiger partial charge in [-0.15, -0.1) is 11.8 Å². The summed E-state index contributed by atoms with van der Waals surface area (Å²) in [6.45, 7) is 3.11. The van der Waals surface area contributed by atoms with Crippen molar-refractivity contribution in [3.63, 3.8) is 0 Å². The van der Waals surface area contributed by atoms with Crippen LogP contribution in [-0.2, 0) is 21.5 Å². The van der Waals surface area contributed by atoms with Crippen LogP contribution in [0.5, 0.6) is 0 Å². The van der Waals surface area contributed by atoms with Crippen molar-refractivity contribution in [1.82, 2.24) is 4.90 Å². The Morgan fingerprint density at radius 2 is 1.76 bits per heavy atom. The molecule has 9 heteroatoms. The number of carboxylic acid groups (broad SMARTS) is 1. The first kappa shape index (κ1) is 23.4. The fourth-order valence-corrected chi connectivity index (χ4v) is 5.50. The molecule has 0 aliphatic carbocycles. The van der Waals surface area contributed by atoms with E-state index in [-0.39, 0.29) is 10.8 Å². The minimum Gasteiger partial charge on any atom is -0.481 e. The van der Waals surface area contributed by atoms with Gasteiger partial charge in [-0.3, -0.25) is 14.5 Å². The van der Waals surface area contributed by atoms with Gasteiger partial charge in [-0.25, -0.2) is 0 Å². The lowest BCUT2D eigenvalue weighted by Gasteiger charge is -2.36. The fourth-order valence-electron chi connectivity index (χ4n) is 4.19. The van der Waals surface area contributed by atoms with E-state index in [9.17, 15) is 22.8 Å². The molecule has 2 N–H and O–H groups in total. The van der Waals surface area contributed by atoms with Gasteiger partial charge >= 0.3 is 12.1 Å². The lowest BCUT2D eigenvalue weighted by molar-refractivity contribution is -0.147. The highest BCUT2D eigenvalue weighted by Gasteiger charge is 2.56. The fraction of sp³-hybridized carbons (Fsp3) is 0.333. The molecule has 0 saturated carbocycles. The first-order valence-corrected chi connectivity index (χ1v) is 11.3. The van der Waals surface area contributed by atoms with Gasteiger partial charge in [0, 0.05) is 30.7 Å². The molecular weight excluding hydrogens is 453 g/mol. The Balaban J connectivity index is 1.44. The molecule has 0 aromatic heterocycles. The lowest BCUT2D eigenvalue weighted by Crippen LogP contribution is -2.49. The van der Waals surface area contributed by atoms with Crippen molar-refractivity contribution in [2.45, 2.75) is 30.3 Å². The highest BCUT2D eigenvalue weighted by molar-refractivity contribution is 8.05. The van der Waals surface area contributed by atoms with Crippen LogP contribution in [0.15, 0.2) is 65.6 Å². The second-order valence-corrected chi connectivity index (χ2v) is 9.72. The van der Waals surface area contributed by atoms with E-state index in [4.69, 9.17) is 5.11 Å². The van der Waals surface area contributed by atoms with Crippen LogP contribution in [0.2, 0.25) is 0 Å². The van der Waals surface area contributed by atoms with E-state index >= 15 is 0 Å². The summed E-state index contributed by atoms with van der Waals surface area (Å²) in [5.41, 5.74) is 0.587. The molecule has 2 atom stereocenters. The minimum absolute atomic E-state index is 0.0352. The Kier molecular flexibility index (Phi) is 6.28. The van der Waals surface area contributed by atoms with Gasteiger partial charge in [0.05, 0.1) is 10.8 Å². The molecule has 2 aliphatic rings. The Hall–Kier alpha value is -2.78. The molecule has 2 unspecified atom stereocenters. The lowest BCUT2D eigenvalue weighted by atomic mass is 9.78. The van der Waals surface area contributed by atoms with Crippen LogP contribution in [0.3, 0.4) is 0 Å². The number of nitrogens with one attached hydrogen (secondary N) is 1. The summed E-state index contributed by atoms with van der Waals surface area (Å²) < 4.78 is 41.5. The molecule has 33 heavy (non-hydrogen) atoms. The number of benzene rings is 2. The number of amides is 1. The number of allylic oxidation sites excluding steroid dienone is 1. The molecule has 0 spiro atoms. The highest BCUT2D eigenvalue weighted by atomic mass is 32.2. The third-order valence-corrected chi connectivity index (χ3v) is 7.61. The largest absolute Gasteiger partial charge is 0.481 e. The number of alkyl halides is 3. The first-order valence-electron chi connectivity index (χ1n) is 10.4. The second-order valence-electron chi connectivity index (χ2n) is 8.58. The summed E-state index contributed by atoms with van der Waals surface area (Å²) in [7, 11) is 0. The maximum Gasteiger partial charge on any atom is 0.402 e. The molecule has 2 aromatic carbocycles. The summed E-state index contributed by atoms with van der Waals surface area (Å²) in [5.74, 6) is -1.70. The number of halogens is 3. The van der Waals surface area contributed by atoms with E-state index < -0.39 is 28.7 Å². The van der Waals surface area contributed by atoms with Crippen LogP contribution in [0.4, 0.5) is 18.9 Å². The first-order chi connectivity index (χ1) is 15.6. The van der Waals surface area contributed by atoms with E-state index in [1.807, 2.05) is 17.0 Å². The zero-order chi connectivity index (χ0) is 23.8. The number of hydrogen-bond donors (Lipinski definition) is 2. The van der Waals surface area contributed by atoms with Gasteiger partial charge < -0.3 is 10.4 Å². The van der Waals surface area contributed by atoms with E-state index in [2.05, 4.69) is 5.32 Å². The normalized spacial score (nSPS) is 23.6. The Labute approximate surface area is 193 Å². The number of anilines is 1. The van der Waals surface area contributed by atoms with Gasteiger partial charge in [0.1, 0.15) is 5.25 Å². The van der Waals surface area contributed by atoms with Crippen LogP contribution in [0.25, 0.3) is 0 Å². The Morgan fingerprint density at radius 3 is 2.33 bits per heavy atom. The predicted molar refractivity (Wildman–Crippen MR) is 121 cm³/mol. The maximum atomic E-state index is 13.8. The van der Waals surface area contributed by atoms with Crippen molar-refractivity contribution >= 4 is 29.3 Å². The molecule has 0 bridgehead atoms. The molecule has 2 aromatic rings. The van der Waals surface area contributed by atoms with Gasteiger partial charge in [0.15, 0.2) is 0 Å². The van der Waals surface area contributed by atoms with Crippen molar-refractivity contribution in [2.75, 3.05) is 18.4 Å². The molecular formula is C24H23F3N2O3S. The minimum atomic E-state index is -4.48. The van der Waals surface area contributed by atoms with Crippen LogP contribution >= 0.6 is 11.8 Å². The number of nitrogens with zero attached hydrogens (tertiary/aromatic N) is 1. The summed E-state index contributed by atoms with van der Waals surface area (Å²) >= 11 is 0.541. The smallest absolute Gasteiger partial charge is 0.402 e. The van der Waals surface area contributed by atoms with E-state index in [1.165, 1.54) is 13.0 Å². The predicted octanol–water partition coefficient (Wildman–Crippen LogP) is 4.66. The van der Waals surface area contributed by atoms with Crippen LogP contribution < -0.4 is 5.32 Å². The number of rotatable bonds is 6. The van der Waals surface area contributed by atoms with Crippen molar-refractivity contribution in [3.05, 3.63) is 76.7 Å². The molecule has 174 valence electrons. The monoisotopic (exact) mass is 476 g/mol. The zero-order valence-corrected chi connectivity index (χ0v) is 18.6. The maximum absolute atomic E-state index is 13.8. The summed E-state index contributed by atoms with van der Waals surface area (Å²) in [5, 5.41) is 9.88. The Bertz CT molecular complexity index is 1070. The van der Waals surface area contributed by atoms with Crippen LogP contribution in [-0.4, -0.2) is 46.4 Å². The molecule has 5 nitrogen and oxygen atoms in total. The molecule has 4 rings (SSSR count). The van der Waals surface area contributed by atoms with E-state index in [0.717, 1.165) is 5.56 Å². The molecule has 1 saturated heterocycles. The second kappa shape index (κ2) is 8.87. The molecule has 1 fully saturated rings. The third-order valence-electron chi connectivity index (χ3n) is 6.06. The highest BCUT2D eigenvalue weighted by Crippen LogP contribution is 2.53. The van der Waals surface area contributed by atoms with Crippen LogP contribution in [0.1, 0.15) is 18.1 Å². The standard InChI is InChI=1S/C24H23F3N2O3S/c1-23(17-5-3-2-4-6-17)11-19(33-22(23)24(25,26)27)20(30)28-18-9-7-15(8-10-18)12-29-13-16(14-29)21(31)32/h2-11,16,22H,12-14H2,1H3,(H,28,30)(H,31,32). The molecule has 2 aliphatic heterocycles. The summed E-state index contributed by atoms with van der Waals surface area (Å²) in [4.78, 5) is 25.7. The molecule has 0 radical (unpaired) electrons. The molecule has 1 amide bonds. The number of likely N-dealkylation sites (tertiary alicyclic amines) is 1. The quantitative estimate of drug-likeness (QED) is 0.635. The van der Waals surface area contributed by atoms with Gasteiger partial charge in [0.2, 0.25) is 0 Å². The van der Waals surface area contributed by atoms with Crippen molar-refractivity contribution < 1.29 is 27.9 Å². The van der Waals surface area contributed by atoms with Gasteiger partial charge in [-0.1, -0.05) is 55.5 Å². The SMILES string of the molecule is CC1(c2ccccc2)C=C(C(=O)Nc2ccc(CN3CC(C(=O)O)C3)cc2)SC1C(F)(F)F. The van der Waals surface area contributed by atoms with Crippen molar-refractivity contribution in [2.24, 2.45) is 5.92 Å². The third kappa shape index (κ3) is 4.94. The number of hydrogen-bond acceptors (Lipinski definition) is 4.